The fraction of sp³-hybridized carbons (Fsp3) is 0.633. The van der Waals surface area contributed by atoms with Crippen LogP contribution in [-0.2, 0) is 4.79 Å². The van der Waals surface area contributed by atoms with E-state index < -0.39 is 23.8 Å². The van der Waals surface area contributed by atoms with Crippen molar-refractivity contribution in [3.63, 3.8) is 0 Å². The molecule has 43 heavy (non-hydrogen) atoms. The van der Waals surface area contributed by atoms with E-state index in [9.17, 15) is 27.2 Å². The van der Waals surface area contributed by atoms with E-state index in [1.807, 2.05) is 6.07 Å². The van der Waals surface area contributed by atoms with E-state index in [1.54, 1.807) is 16.9 Å². The lowest BCUT2D eigenvalue weighted by Crippen LogP contribution is -2.39. The standard InChI is InChI=1S/C30H34F4N6O3/c31-29(32)7-5-19(6-8-29)26(38-28(42)27-21(15-43-39-27)17-1-2-17)22-14-40-23(36-22)10-20(13-35-40)25(18-3-4-18)37-24(41)9-16-11-30(33,34)12-16/h10,13-19,25-26H,1-9,11-12H2,(H,37,41)(H,38,42)/t25?,26-/m0/s1. The third kappa shape index (κ3) is 6.12. The zero-order valence-corrected chi connectivity index (χ0v) is 23.6. The fourth-order valence-corrected chi connectivity index (χ4v) is 6.70. The lowest BCUT2D eigenvalue weighted by molar-refractivity contribution is -0.134. The minimum absolute atomic E-state index is 0.0673. The molecule has 0 spiro atoms. The van der Waals surface area contributed by atoms with Crippen LogP contribution < -0.4 is 10.6 Å². The molecule has 4 saturated carbocycles. The molecule has 230 valence electrons. The lowest BCUT2D eigenvalue weighted by Gasteiger charge is -2.34. The Morgan fingerprint density at radius 3 is 2.37 bits per heavy atom. The van der Waals surface area contributed by atoms with Gasteiger partial charge in [0.15, 0.2) is 11.3 Å². The van der Waals surface area contributed by atoms with Gasteiger partial charge in [0.1, 0.15) is 6.26 Å². The first-order valence-corrected chi connectivity index (χ1v) is 15.2. The quantitative estimate of drug-likeness (QED) is 0.280. The van der Waals surface area contributed by atoms with Gasteiger partial charge in [0.25, 0.3) is 5.91 Å². The molecule has 0 saturated heterocycles. The second-order valence-corrected chi connectivity index (χ2v) is 13.0. The summed E-state index contributed by atoms with van der Waals surface area (Å²) in [6.07, 6.45) is 8.11. The molecule has 4 fully saturated rings. The van der Waals surface area contributed by atoms with E-state index >= 15 is 0 Å². The highest BCUT2D eigenvalue weighted by atomic mass is 19.3. The molecule has 13 heteroatoms. The summed E-state index contributed by atoms with van der Waals surface area (Å²) in [4.78, 5) is 30.9. The summed E-state index contributed by atoms with van der Waals surface area (Å²) in [5.74, 6) is -6.18. The van der Waals surface area contributed by atoms with Gasteiger partial charge in [0, 0.05) is 37.7 Å². The Labute approximate surface area is 245 Å². The molecule has 0 aromatic carbocycles. The average molecular weight is 603 g/mol. The Morgan fingerprint density at radius 1 is 0.977 bits per heavy atom. The van der Waals surface area contributed by atoms with Crippen LogP contribution in [0.4, 0.5) is 17.6 Å². The highest BCUT2D eigenvalue weighted by Crippen LogP contribution is 2.46. The number of imidazole rings is 1. The molecule has 3 aromatic heterocycles. The van der Waals surface area contributed by atoms with Crippen LogP contribution in [0.1, 0.15) is 116 Å². The van der Waals surface area contributed by atoms with Crippen LogP contribution in [0.2, 0.25) is 0 Å². The van der Waals surface area contributed by atoms with Gasteiger partial charge >= 0.3 is 0 Å². The predicted octanol–water partition coefficient (Wildman–Crippen LogP) is 5.89. The lowest BCUT2D eigenvalue weighted by atomic mass is 9.79. The number of alkyl halides is 4. The molecular formula is C30H34F4N6O3. The molecular weight excluding hydrogens is 568 g/mol. The zero-order valence-electron chi connectivity index (χ0n) is 23.6. The summed E-state index contributed by atoms with van der Waals surface area (Å²) >= 11 is 0. The Hall–Kier alpha value is -3.51. The highest BCUT2D eigenvalue weighted by Gasteiger charge is 2.46. The molecule has 2 N–H and O–H groups in total. The minimum Gasteiger partial charge on any atom is -0.364 e. The van der Waals surface area contributed by atoms with Crippen LogP contribution in [-0.4, -0.2) is 43.4 Å². The molecule has 1 unspecified atom stereocenters. The van der Waals surface area contributed by atoms with Crippen molar-refractivity contribution in [3.8, 4) is 0 Å². The van der Waals surface area contributed by atoms with Crippen LogP contribution >= 0.6 is 0 Å². The van der Waals surface area contributed by atoms with Crippen molar-refractivity contribution < 1.29 is 31.7 Å². The predicted molar refractivity (Wildman–Crippen MR) is 144 cm³/mol. The number of rotatable bonds is 10. The van der Waals surface area contributed by atoms with Gasteiger partial charge in [-0.15, -0.1) is 0 Å². The van der Waals surface area contributed by atoms with Crippen molar-refractivity contribution >= 4 is 17.5 Å². The van der Waals surface area contributed by atoms with Crippen LogP contribution in [0.3, 0.4) is 0 Å². The second-order valence-electron chi connectivity index (χ2n) is 13.0. The van der Waals surface area contributed by atoms with Gasteiger partial charge in [-0.1, -0.05) is 5.16 Å². The molecule has 9 nitrogen and oxygen atoms in total. The minimum atomic E-state index is -2.73. The molecule has 4 aliphatic carbocycles. The summed E-state index contributed by atoms with van der Waals surface area (Å²) < 4.78 is 61.3. The summed E-state index contributed by atoms with van der Waals surface area (Å²) in [6.45, 7) is 0. The average Bonchev–Trinajstić information content (AvgIpc) is 3.87. The number of aromatic nitrogens is 4. The van der Waals surface area contributed by atoms with Gasteiger partial charge in [-0.3, -0.25) is 9.59 Å². The Kier molecular flexibility index (Phi) is 6.96. The number of nitrogens with zero attached hydrogens (tertiary/aromatic N) is 4. The maximum Gasteiger partial charge on any atom is 0.274 e. The first kappa shape index (κ1) is 28.3. The van der Waals surface area contributed by atoms with Crippen LogP contribution in [0.15, 0.2) is 29.2 Å². The van der Waals surface area contributed by atoms with Crippen molar-refractivity contribution in [3.05, 3.63) is 47.2 Å². The van der Waals surface area contributed by atoms with Gasteiger partial charge in [0.2, 0.25) is 17.8 Å². The van der Waals surface area contributed by atoms with Gasteiger partial charge in [-0.2, -0.15) is 5.10 Å². The zero-order chi connectivity index (χ0) is 29.9. The Morgan fingerprint density at radius 2 is 1.70 bits per heavy atom. The third-order valence-electron chi connectivity index (χ3n) is 9.45. The van der Waals surface area contributed by atoms with Crippen molar-refractivity contribution in [2.24, 2.45) is 17.8 Å². The smallest absolute Gasteiger partial charge is 0.274 e. The number of hydrogen-bond donors (Lipinski definition) is 2. The number of halogens is 4. The molecule has 4 aliphatic rings. The van der Waals surface area contributed by atoms with Gasteiger partial charge in [-0.05, 0) is 73.8 Å². The highest BCUT2D eigenvalue weighted by molar-refractivity contribution is 5.94. The van der Waals surface area contributed by atoms with E-state index in [-0.39, 0.29) is 86.3 Å². The van der Waals surface area contributed by atoms with E-state index in [1.165, 1.54) is 6.26 Å². The number of fused-ring (bicyclic) bond motifs is 1. The molecule has 3 aromatic rings. The maximum atomic E-state index is 14.1. The Bertz CT molecular complexity index is 1510. The largest absolute Gasteiger partial charge is 0.364 e. The molecule has 0 radical (unpaired) electrons. The molecule has 0 bridgehead atoms. The maximum absolute atomic E-state index is 14.1. The van der Waals surface area contributed by atoms with Crippen LogP contribution in [0, 0.1) is 17.8 Å². The first-order valence-electron chi connectivity index (χ1n) is 15.2. The number of carbonyl (C=O) groups is 2. The Balaban J connectivity index is 1.12. The summed E-state index contributed by atoms with van der Waals surface area (Å²) in [5.41, 5.74) is 2.72. The van der Waals surface area contributed by atoms with E-state index in [0.29, 0.717) is 11.3 Å². The summed E-state index contributed by atoms with van der Waals surface area (Å²) in [6, 6.07) is 0.875. The number of nitrogens with one attached hydrogen (secondary N) is 2. The second kappa shape index (κ2) is 10.6. The van der Waals surface area contributed by atoms with Crippen molar-refractivity contribution in [2.45, 2.75) is 100 Å². The van der Waals surface area contributed by atoms with Crippen LogP contribution in [0.5, 0.6) is 0 Å². The molecule has 0 aliphatic heterocycles. The van der Waals surface area contributed by atoms with Gasteiger partial charge < -0.3 is 15.2 Å². The van der Waals surface area contributed by atoms with E-state index in [4.69, 9.17) is 9.51 Å². The van der Waals surface area contributed by atoms with Crippen molar-refractivity contribution in [2.75, 3.05) is 0 Å². The number of carbonyl (C=O) groups excluding carboxylic acids is 2. The van der Waals surface area contributed by atoms with Gasteiger partial charge in [-0.25, -0.2) is 27.1 Å². The first-order chi connectivity index (χ1) is 20.5. The summed E-state index contributed by atoms with van der Waals surface area (Å²) in [5, 5.41) is 14.5. The van der Waals surface area contributed by atoms with E-state index in [2.05, 4.69) is 20.9 Å². The normalized spacial score (nSPS) is 23.4. The van der Waals surface area contributed by atoms with Gasteiger partial charge in [0.05, 0.1) is 30.2 Å². The topological polar surface area (TPSA) is 114 Å². The van der Waals surface area contributed by atoms with Crippen LogP contribution in [0.25, 0.3) is 5.65 Å². The number of hydrogen-bond acceptors (Lipinski definition) is 6. The molecule has 3 heterocycles. The van der Waals surface area contributed by atoms with Crippen molar-refractivity contribution in [1.29, 1.82) is 0 Å². The molecule has 2 amide bonds. The monoisotopic (exact) mass is 602 g/mol. The van der Waals surface area contributed by atoms with E-state index in [0.717, 1.165) is 36.8 Å². The molecule has 7 rings (SSSR count). The third-order valence-corrected chi connectivity index (χ3v) is 9.45. The summed E-state index contributed by atoms with van der Waals surface area (Å²) in [7, 11) is 0. The fourth-order valence-electron chi connectivity index (χ4n) is 6.70. The van der Waals surface area contributed by atoms with Crippen molar-refractivity contribution in [1.82, 2.24) is 30.4 Å². The number of amides is 2. The molecule has 2 atom stereocenters. The SMILES string of the molecule is O=C(CC1CC(F)(F)C1)NC(c1cnn2cc([C@@H](NC(=O)c3nocc3C3CC3)C3CCC(F)(F)CC3)nc2c1)C1CC1.